The Morgan fingerprint density at radius 3 is 2.38 bits per heavy atom. The molecule has 0 radical (unpaired) electrons. The Bertz CT molecular complexity index is 966. The molecule has 0 aromatic rings. The van der Waals surface area contributed by atoms with Gasteiger partial charge in [0.2, 0.25) is 5.91 Å². The minimum atomic E-state index is -0.774. The van der Waals surface area contributed by atoms with Gasteiger partial charge in [-0.05, 0) is 118 Å². The number of aliphatic hydroxyl groups excluding tert-OH is 2. The molecule has 40 heavy (non-hydrogen) atoms. The third-order valence-electron chi connectivity index (χ3n) is 11.5. The number of fused-ring (bicyclic) bond motifs is 5. The molecule has 0 heterocycles. The van der Waals surface area contributed by atoms with Gasteiger partial charge in [0.05, 0.1) is 12.2 Å². The molecule has 0 aliphatic heterocycles. The van der Waals surface area contributed by atoms with Gasteiger partial charge in [-0.1, -0.05) is 20.8 Å². The molecule has 4 fully saturated rings. The van der Waals surface area contributed by atoms with E-state index in [0.29, 0.717) is 19.3 Å². The minimum absolute atomic E-state index is 0.0144. The second-order valence-electron chi connectivity index (χ2n) is 14.9. The number of carbonyl (C=O) groups excluding carboxylic acids is 2. The van der Waals surface area contributed by atoms with E-state index in [1.165, 1.54) is 0 Å². The summed E-state index contributed by atoms with van der Waals surface area (Å²) in [4.78, 5) is 35.7. The number of amides is 2. The number of carbonyl (C=O) groups is 3. The first-order valence-electron chi connectivity index (χ1n) is 15.4. The van der Waals surface area contributed by atoms with Crippen LogP contribution in [0.2, 0.25) is 0 Å². The van der Waals surface area contributed by atoms with E-state index < -0.39 is 29.9 Å². The number of carboxylic acids is 1. The van der Waals surface area contributed by atoms with Crippen LogP contribution in [0.3, 0.4) is 0 Å². The first-order valence-corrected chi connectivity index (χ1v) is 15.4. The third-order valence-corrected chi connectivity index (χ3v) is 11.5. The van der Waals surface area contributed by atoms with Crippen LogP contribution in [0.25, 0.3) is 0 Å². The molecule has 0 saturated heterocycles. The van der Waals surface area contributed by atoms with Crippen LogP contribution in [0, 0.1) is 46.3 Å². The van der Waals surface area contributed by atoms with Crippen LogP contribution in [0.5, 0.6) is 0 Å². The Kier molecular flexibility index (Phi) is 8.88. The predicted molar refractivity (Wildman–Crippen MR) is 150 cm³/mol. The summed E-state index contributed by atoms with van der Waals surface area (Å²) in [7, 11) is 0. The lowest BCUT2D eigenvalue weighted by Crippen LogP contribution is -2.63. The van der Waals surface area contributed by atoms with Crippen LogP contribution in [0.1, 0.15) is 99.3 Å². The van der Waals surface area contributed by atoms with Gasteiger partial charge in [-0.3, -0.25) is 9.59 Å². The number of hydrogen-bond acceptors (Lipinski definition) is 6. The Morgan fingerprint density at radius 2 is 1.73 bits per heavy atom. The van der Waals surface area contributed by atoms with Crippen molar-refractivity contribution in [2.24, 2.45) is 46.3 Å². The molecule has 0 spiro atoms. The highest BCUT2D eigenvalue weighted by molar-refractivity contribution is 5.82. The molecule has 4 saturated carbocycles. The maximum Gasteiger partial charge on any atom is 0.408 e. The largest absolute Gasteiger partial charge is 0.481 e. The summed E-state index contributed by atoms with van der Waals surface area (Å²) >= 11 is 0. The third kappa shape index (κ3) is 6.01. The highest BCUT2D eigenvalue weighted by Gasteiger charge is 2.65. The summed E-state index contributed by atoms with van der Waals surface area (Å²) in [6.45, 7) is 11.8. The Hall–Kier alpha value is -1.87. The zero-order chi connectivity index (χ0) is 29.6. The van der Waals surface area contributed by atoms with Gasteiger partial charge >= 0.3 is 12.1 Å². The van der Waals surface area contributed by atoms with Crippen molar-refractivity contribution < 1.29 is 34.4 Å². The van der Waals surface area contributed by atoms with Crippen LogP contribution in [0.4, 0.5) is 4.79 Å². The fourth-order valence-corrected chi connectivity index (χ4v) is 9.58. The monoisotopic (exact) mass is 564 g/mol. The molecule has 9 nitrogen and oxygen atoms in total. The summed E-state index contributed by atoms with van der Waals surface area (Å²) in [5.41, 5.74) is -0.957. The molecule has 0 aromatic carbocycles. The molecule has 2 amide bonds. The van der Waals surface area contributed by atoms with Gasteiger partial charge in [-0.25, -0.2) is 4.79 Å². The molecule has 9 heteroatoms. The van der Waals surface area contributed by atoms with Crippen molar-refractivity contribution in [2.75, 3.05) is 6.54 Å². The Labute approximate surface area is 239 Å². The fourth-order valence-electron chi connectivity index (χ4n) is 9.58. The smallest absolute Gasteiger partial charge is 0.408 e. The number of alkyl carbamates (subject to hydrolysis) is 1. The average molecular weight is 565 g/mol. The van der Waals surface area contributed by atoms with E-state index in [2.05, 4.69) is 31.4 Å². The topological polar surface area (TPSA) is 145 Å². The molecule has 0 bridgehead atoms. The molecule has 4 aliphatic carbocycles. The second-order valence-corrected chi connectivity index (χ2v) is 14.9. The van der Waals surface area contributed by atoms with Gasteiger partial charge in [0.25, 0.3) is 0 Å². The summed E-state index contributed by atoms with van der Waals surface area (Å²) < 4.78 is 5.21. The van der Waals surface area contributed by atoms with E-state index in [9.17, 15) is 29.7 Å². The van der Waals surface area contributed by atoms with Gasteiger partial charge in [0, 0.05) is 12.5 Å². The number of aliphatic carboxylic acids is 1. The molecule has 11 atom stereocenters. The lowest BCUT2D eigenvalue weighted by molar-refractivity contribution is -0.202. The van der Waals surface area contributed by atoms with Crippen LogP contribution >= 0.6 is 0 Å². The minimum Gasteiger partial charge on any atom is -0.481 e. The van der Waals surface area contributed by atoms with Gasteiger partial charge < -0.3 is 30.7 Å². The first kappa shape index (κ1) is 31.1. The van der Waals surface area contributed by atoms with E-state index in [-0.39, 0.29) is 71.3 Å². The number of hydrogen-bond donors (Lipinski definition) is 5. The van der Waals surface area contributed by atoms with Gasteiger partial charge in [-0.2, -0.15) is 0 Å². The summed E-state index contributed by atoms with van der Waals surface area (Å²) in [5.74, 6) is 0.266. The van der Waals surface area contributed by atoms with E-state index in [4.69, 9.17) is 4.74 Å². The van der Waals surface area contributed by atoms with Crippen LogP contribution in [-0.4, -0.2) is 63.7 Å². The van der Waals surface area contributed by atoms with Crippen molar-refractivity contribution in [1.29, 1.82) is 0 Å². The van der Waals surface area contributed by atoms with Crippen molar-refractivity contribution in [2.45, 2.75) is 123 Å². The molecule has 0 unspecified atom stereocenters. The molecular formula is C31H52N2O7. The summed E-state index contributed by atoms with van der Waals surface area (Å²) in [6, 6.07) is -0.0144. The molecule has 5 N–H and O–H groups in total. The highest BCUT2D eigenvalue weighted by atomic mass is 16.6. The van der Waals surface area contributed by atoms with E-state index in [0.717, 1.165) is 32.1 Å². The van der Waals surface area contributed by atoms with E-state index in [1.807, 2.05) is 0 Å². The van der Waals surface area contributed by atoms with Crippen molar-refractivity contribution in [3.05, 3.63) is 0 Å². The van der Waals surface area contributed by atoms with Crippen molar-refractivity contribution in [3.63, 3.8) is 0 Å². The summed E-state index contributed by atoms with van der Waals surface area (Å²) in [6.07, 6.45) is 5.07. The van der Waals surface area contributed by atoms with Crippen molar-refractivity contribution in [3.8, 4) is 0 Å². The molecule has 4 rings (SSSR count). The Balaban J connectivity index is 1.40. The first-order chi connectivity index (χ1) is 18.6. The molecular weight excluding hydrogens is 512 g/mol. The Morgan fingerprint density at radius 1 is 1.02 bits per heavy atom. The zero-order valence-corrected chi connectivity index (χ0v) is 25.2. The van der Waals surface area contributed by atoms with Crippen LogP contribution < -0.4 is 10.6 Å². The maximum absolute atomic E-state index is 12.6. The number of carboxylic acid groups (broad SMARTS) is 1. The van der Waals surface area contributed by atoms with Gasteiger partial charge in [0.15, 0.2) is 0 Å². The van der Waals surface area contributed by atoms with Gasteiger partial charge in [-0.15, -0.1) is 0 Å². The van der Waals surface area contributed by atoms with Crippen LogP contribution in [0.15, 0.2) is 0 Å². The SMILES string of the molecule is C[C@H](CCC(=O)O)[C@H]1CC[C@H]2[C@@H]3[C@H](O)C[C@H]4C[C@@H](NC(=O)CNC(=O)OC(C)(C)C)CC[C@]4(C)[C@H]3C[C@H](O)[C@]12C. The van der Waals surface area contributed by atoms with E-state index in [1.54, 1.807) is 20.8 Å². The predicted octanol–water partition coefficient (Wildman–Crippen LogP) is 4.10. The molecule has 4 aliphatic rings. The number of nitrogens with one attached hydrogen (secondary N) is 2. The zero-order valence-electron chi connectivity index (χ0n) is 25.2. The lowest BCUT2D eigenvalue weighted by atomic mass is 9.43. The van der Waals surface area contributed by atoms with Crippen molar-refractivity contribution in [1.82, 2.24) is 10.6 Å². The molecule has 0 aromatic heterocycles. The lowest BCUT2D eigenvalue weighted by Gasteiger charge is -2.63. The fraction of sp³-hybridized carbons (Fsp3) is 0.903. The standard InChI is InChI=1S/C31H52N2O7/c1-17(7-10-26(37)38)20-8-9-21-27-22(15-24(35)31(20,21)6)30(5)12-11-19(13-18(30)14-23(27)34)33-25(36)16-32-28(39)40-29(2,3)4/h17-24,27,34-35H,7-16H2,1-6H3,(H,32,39)(H,33,36)(H,37,38)/t17-,18-,19+,20-,21+,22+,23-,24+,27+,30+,31-/m1/s1. The molecule has 228 valence electrons. The van der Waals surface area contributed by atoms with Gasteiger partial charge in [0.1, 0.15) is 12.1 Å². The maximum atomic E-state index is 12.6. The second kappa shape index (κ2) is 11.4. The van der Waals surface area contributed by atoms with Crippen molar-refractivity contribution >= 4 is 18.0 Å². The normalized spacial score (nSPS) is 41.6. The quantitative estimate of drug-likeness (QED) is 0.313. The number of aliphatic hydroxyl groups is 2. The number of rotatable bonds is 7. The average Bonchev–Trinajstić information content (AvgIpc) is 3.20. The van der Waals surface area contributed by atoms with E-state index >= 15 is 0 Å². The van der Waals surface area contributed by atoms with Crippen LogP contribution in [-0.2, 0) is 14.3 Å². The summed E-state index contributed by atoms with van der Waals surface area (Å²) in [5, 5.41) is 38.1. The highest BCUT2D eigenvalue weighted by Crippen LogP contribution is 2.68. The number of ether oxygens (including phenoxy) is 1.